The molecule has 3 rings (SSSR count). The zero-order chi connectivity index (χ0) is 17.6. The lowest BCUT2D eigenvalue weighted by atomic mass is 9.83. The minimum absolute atomic E-state index is 0.151. The Morgan fingerprint density at radius 2 is 1.76 bits per heavy atom. The molecule has 0 radical (unpaired) electrons. The maximum Gasteiger partial charge on any atom is 0.271 e. The second kappa shape index (κ2) is 7.97. The molecule has 0 aliphatic heterocycles. The smallest absolute Gasteiger partial charge is 0.271 e. The van der Waals surface area contributed by atoms with Gasteiger partial charge in [0.2, 0.25) is 0 Å². The number of rotatable bonds is 4. The normalized spacial score (nSPS) is 17.0. The van der Waals surface area contributed by atoms with E-state index in [1.165, 1.54) is 5.56 Å². The number of amides is 1. The lowest BCUT2D eigenvalue weighted by Gasteiger charge is -2.23. The molecule has 2 aromatic rings. The highest BCUT2D eigenvalue weighted by molar-refractivity contribution is 5.96. The second-order valence-corrected chi connectivity index (χ2v) is 6.75. The van der Waals surface area contributed by atoms with Crippen LogP contribution in [-0.2, 0) is 0 Å². The van der Waals surface area contributed by atoms with Crippen LogP contribution in [0, 0.1) is 0 Å². The molecular weight excluding hydrogens is 310 g/mol. The van der Waals surface area contributed by atoms with Gasteiger partial charge in [0.25, 0.3) is 5.91 Å². The van der Waals surface area contributed by atoms with E-state index >= 15 is 0 Å². The van der Waals surface area contributed by atoms with Gasteiger partial charge >= 0.3 is 0 Å². The van der Waals surface area contributed by atoms with E-state index in [2.05, 4.69) is 40.9 Å². The Bertz CT molecular complexity index is 743. The first-order valence-corrected chi connectivity index (χ1v) is 8.81. The van der Waals surface area contributed by atoms with Crippen molar-refractivity contribution in [3.8, 4) is 0 Å². The molecule has 0 heterocycles. The lowest BCUT2D eigenvalue weighted by molar-refractivity contribution is 0.0954. The molecule has 1 N–H and O–H groups in total. The monoisotopic (exact) mass is 335 g/mol. The molecule has 0 unspecified atom stereocenters. The summed E-state index contributed by atoms with van der Waals surface area (Å²) in [6.07, 6.45) is 4.07. The largest absolute Gasteiger partial charge is 0.378 e. The van der Waals surface area contributed by atoms with Crippen molar-refractivity contribution in [3.05, 3.63) is 65.7 Å². The minimum Gasteiger partial charge on any atom is -0.378 e. The highest BCUT2D eigenvalue weighted by Gasteiger charge is 2.19. The van der Waals surface area contributed by atoms with Crippen LogP contribution < -0.4 is 10.3 Å². The van der Waals surface area contributed by atoms with Crippen molar-refractivity contribution in [1.29, 1.82) is 0 Å². The number of carbonyl (C=O) groups is 1. The van der Waals surface area contributed by atoms with Gasteiger partial charge in [-0.25, -0.2) is 5.43 Å². The first-order valence-electron chi connectivity index (χ1n) is 8.81. The summed E-state index contributed by atoms with van der Waals surface area (Å²) in [5.74, 6) is 0.453. The summed E-state index contributed by atoms with van der Waals surface area (Å²) >= 11 is 0. The van der Waals surface area contributed by atoms with Crippen LogP contribution in [0.5, 0.6) is 0 Å². The van der Waals surface area contributed by atoms with Crippen LogP contribution in [0.3, 0.4) is 0 Å². The van der Waals surface area contributed by atoms with E-state index in [4.69, 9.17) is 0 Å². The summed E-state index contributed by atoms with van der Waals surface area (Å²) in [5.41, 5.74) is 6.85. The zero-order valence-corrected chi connectivity index (χ0v) is 14.9. The van der Waals surface area contributed by atoms with Crippen LogP contribution in [0.1, 0.15) is 47.5 Å². The maximum atomic E-state index is 12.3. The molecule has 1 amide bonds. The number of anilines is 1. The molecule has 0 aromatic heterocycles. The van der Waals surface area contributed by atoms with E-state index in [1.807, 2.05) is 43.3 Å². The third-order valence-corrected chi connectivity index (χ3v) is 4.77. The van der Waals surface area contributed by atoms with Crippen molar-refractivity contribution in [2.45, 2.75) is 31.6 Å². The number of carbonyl (C=O) groups excluding carboxylic acids is 1. The molecule has 1 saturated carbocycles. The third-order valence-electron chi connectivity index (χ3n) is 4.77. The molecule has 130 valence electrons. The Labute approximate surface area is 149 Å². The van der Waals surface area contributed by atoms with Crippen LogP contribution in [-0.4, -0.2) is 25.7 Å². The van der Waals surface area contributed by atoms with Crippen molar-refractivity contribution in [2.75, 3.05) is 19.0 Å². The summed E-state index contributed by atoms with van der Waals surface area (Å²) in [7, 11) is 3.92. The van der Waals surface area contributed by atoms with Crippen LogP contribution in [0.4, 0.5) is 5.69 Å². The minimum atomic E-state index is -0.151. The SMILES string of the molecule is CN(C)c1cccc(C(=O)NN=C2CCC(c3ccccc3)CC2)c1. The standard InChI is InChI=1S/C21H25N3O/c1-24(2)20-10-6-9-18(15-20)21(25)23-22-19-13-11-17(12-14-19)16-7-4-3-5-8-16/h3-10,15,17H,11-14H2,1-2H3,(H,23,25). The molecule has 1 fully saturated rings. The molecule has 0 atom stereocenters. The quantitative estimate of drug-likeness (QED) is 0.851. The molecule has 2 aromatic carbocycles. The predicted molar refractivity (Wildman–Crippen MR) is 103 cm³/mol. The molecule has 1 aliphatic rings. The fraction of sp³-hybridized carbons (Fsp3) is 0.333. The van der Waals surface area contributed by atoms with Gasteiger partial charge in [-0.15, -0.1) is 0 Å². The highest BCUT2D eigenvalue weighted by atomic mass is 16.2. The molecule has 4 heteroatoms. The fourth-order valence-electron chi connectivity index (χ4n) is 3.24. The Morgan fingerprint density at radius 3 is 2.44 bits per heavy atom. The second-order valence-electron chi connectivity index (χ2n) is 6.75. The first-order chi connectivity index (χ1) is 12.1. The molecule has 0 spiro atoms. The maximum absolute atomic E-state index is 12.3. The van der Waals surface area contributed by atoms with Crippen molar-refractivity contribution >= 4 is 17.3 Å². The van der Waals surface area contributed by atoms with Crippen molar-refractivity contribution in [2.24, 2.45) is 5.10 Å². The Balaban J connectivity index is 1.56. The van der Waals surface area contributed by atoms with E-state index in [9.17, 15) is 4.79 Å². The summed E-state index contributed by atoms with van der Waals surface area (Å²) in [4.78, 5) is 14.3. The highest BCUT2D eigenvalue weighted by Crippen LogP contribution is 2.31. The number of hydrogen-bond acceptors (Lipinski definition) is 3. The van der Waals surface area contributed by atoms with E-state index < -0.39 is 0 Å². The Kier molecular flexibility index (Phi) is 5.49. The van der Waals surface area contributed by atoms with Gasteiger partial charge in [-0.05, 0) is 55.4 Å². The predicted octanol–water partition coefficient (Wildman–Crippen LogP) is 4.20. The van der Waals surface area contributed by atoms with Crippen molar-refractivity contribution < 1.29 is 4.79 Å². The van der Waals surface area contributed by atoms with Crippen molar-refractivity contribution in [3.63, 3.8) is 0 Å². The van der Waals surface area contributed by atoms with E-state index in [0.717, 1.165) is 37.1 Å². The summed E-state index contributed by atoms with van der Waals surface area (Å²) in [5, 5.41) is 4.37. The van der Waals surface area contributed by atoms with Gasteiger partial charge in [0.15, 0.2) is 0 Å². The van der Waals surface area contributed by atoms with E-state index in [1.54, 1.807) is 0 Å². The van der Waals surface area contributed by atoms with Gasteiger partial charge in [0.1, 0.15) is 0 Å². The zero-order valence-electron chi connectivity index (χ0n) is 14.9. The van der Waals surface area contributed by atoms with Crippen LogP contribution in [0.2, 0.25) is 0 Å². The fourth-order valence-corrected chi connectivity index (χ4v) is 3.24. The summed E-state index contributed by atoms with van der Waals surface area (Å²) in [6, 6.07) is 18.2. The number of nitrogens with zero attached hydrogens (tertiary/aromatic N) is 2. The lowest BCUT2D eigenvalue weighted by Crippen LogP contribution is -2.22. The van der Waals surface area contributed by atoms with Crippen LogP contribution in [0.25, 0.3) is 0 Å². The summed E-state index contributed by atoms with van der Waals surface area (Å²) < 4.78 is 0. The van der Waals surface area contributed by atoms with E-state index in [-0.39, 0.29) is 5.91 Å². The van der Waals surface area contributed by atoms with E-state index in [0.29, 0.717) is 11.5 Å². The third kappa shape index (κ3) is 4.47. The topological polar surface area (TPSA) is 44.7 Å². The molecule has 25 heavy (non-hydrogen) atoms. The van der Waals surface area contributed by atoms with Gasteiger partial charge in [0.05, 0.1) is 0 Å². The Morgan fingerprint density at radius 1 is 1.04 bits per heavy atom. The number of hydrazone groups is 1. The Hall–Kier alpha value is -2.62. The number of nitrogens with one attached hydrogen (secondary N) is 1. The number of hydrogen-bond donors (Lipinski definition) is 1. The van der Waals surface area contributed by atoms with Gasteiger partial charge < -0.3 is 4.90 Å². The van der Waals surface area contributed by atoms with Gasteiger partial charge in [-0.1, -0.05) is 36.4 Å². The van der Waals surface area contributed by atoms with Crippen LogP contribution >= 0.6 is 0 Å². The number of benzene rings is 2. The van der Waals surface area contributed by atoms with Gasteiger partial charge in [-0.3, -0.25) is 4.79 Å². The van der Waals surface area contributed by atoms with Crippen LogP contribution in [0.15, 0.2) is 59.7 Å². The first kappa shape index (κ1) is 17.2. The molecule has 1 aliphatic carbocycles. The molecule has 0 saturated heterocycles. The average molecular weight is 335 g/mol. The average Bonchev–Trinajstić information content (AvgIpc) is 2.67. The van der Waals surface area contributed by atoms with Gasteiger partial charge in [-0.2, -0.15) is 5.10 Å². The van der Waals surface area contributed by atoms with Gasteiger partial charge in [0, 0.05) is 31.1 Å². The van der Waals surface area contributed by atoms with Crippen molar-refractivity contribution in [1.82, 2.24) is 5.43 Å². The molecular formula is C21H25N3O. The molecule has 4 nitrogen and oxygen atoms in total. The summed E-state index contributed by atoms with van der Waals surface area (Å²) in [6.45, 7) is 0. The molecule has 0 bridgehead atoms.